The highest BCUT2D eigenvalue weighted by atomic mass is 19.4. The Balaban J connectivity index is 2.59. The van der Waals surface area contributed by atoms with Crippen molar-refractivity contribution in [3.63, 3.8) is 0 Å². The highest BCUT2D eigenvalue weighted by Gasteiger charge is 2.33. The van der Waals surface area contributed by atoms with Crippen molar-refractivity contribution in [2.45, 2.75) is 20.0 Å². The maximum absolute atomic E-state index is 12.6. The van der Waals surface area contributed by atoms with E-state index in [1.807, 2.05) is 0 Å². The molecule has 0 bridgehead atoms. The van der Waals surface area contributed by atoms with E-state index in [9.17, 15) is 13.2 Å². The molecule has 0 atom stereocenters. The van der Waals surface area contributed by atoms with Gasteiger partial charge in [0.05, 0.1) is 5.69 Å². The molecule has 0 aliphatic carbocycles. The molecule has 0 saturated carbocycles. The number of alkyl halides is 3. The van der Waals surface area contributed by atoms with Crippen LogP contribution in [0.3, 0.4) is 0 Å². The summed E-state index contributed by atoms with van der Waals surface area (Å²) in [5.41, 5.74) is 5.38. The van der Waals surface area contributed by atoms with Crippen LogP contribution in [0.1, 0.15) is 17.1 Å². The maximum atomic E-state index is 12.6. The highest BCUT2D eigenvalue weighted by Crippen LogP contribution is 2.28. The number of anilines is 1. The Hall–Kier alpha value is -2.12. The summed E-state index contributed by atoms with van der Waals surface area (Å²) in [5.74, 6) is -0.000788. The minimum Gasteiger partial charge on any atom is -0.383 e. The summed E-state index contributed by atoms with van der Waals surface area (Å²) in [7, 11) is 0. The lowest BCUT2D eigenvalue weighted by atomic mass is 10.3. The van der Waals surface area contributed by atoms with Crippen molar-refractivity contribution in [3.8, 4) is 5.95 Å². The van der Waals surface area contributed by atoms with Gasteiger partial charge in [0.2, 0.25) is 0 Å². The predicted molar refractivity (Wildman–Crippen MR) is 58.0 cm³/mol. The topological polar surface area (TPSA) is 69.6 Å². The molecule has 0 aliphatic rings. The van der Waals surface area contributed by atoms with E-state index in [-0.39, 0.29) is 17.5 Å². The van der Waals surface area contributed by atoms with Crippen LogP contribution in [-0.4, -0.2) is 19.7 Å². The number of aryl methyl sites for hydroxylation is 2. The van der Waals surface area contributed by atoms with Crippen LogP contribution in [0, 0.1) is 13.8 Å². The Kier molecular flexibility index (Phi) is 2.72. The van der Waals surface area contributed by atoms with Crippen molar-refractivity contribution in [2.24, 2.45) is 0 Å². The van der Waals surface area contributed by atoms with Gasteiger partial charge in [-0.3, -0.25) is 0 Å². The second-order valence-corrected chi connectivity index (χ2v) is 3.81. The molecule has 2 aromatic heterocycles. The van der Waals surface area contributed by atoms with Crippen LogP contribution in [0.4, 0.5) is 19.0 Å². The smallest absolute Gasteiger partial charge is 0.383 e. The van der Waals surface area contributed by atoms with Gasteiger partial charge in [-0.25, -0.2) is 9.97 Å². The lowest BCUT2D eigenvalue weighted by molar-refractivity contribution is -0.141. The largest absolute Gasteiger partial charge is 0.433 e. The van der Waals surface area contributed by atoms with E-state index in [1.165, 1.54) is 13.0 Å². The van der Waals surface area contributed by atoms with Gasteiger partial charge in [0.25, 0.3) is 5.95 Å². The lowest BCUT2D eigenvalue weighted by Crippen LogP contribution is -2.14. The van der Waals surface area contributed by atoms with E-state index in [2.05, 4.69) is 15.1 Å². The van der Waals surface area contributed by atoms with Gasteiger partial charge in [-0.2, -0.15) is 23.0 Å². The predicted octanol–water partition coefficient (Wildman–Crippen LogP) is 1.88. The Morgan fingerprint density at radius 1 is 1.11 bits per heavy atom. The molecule has 2 aromatic rings. The first-order valence-corrected chi connectivity index (χ1v) is 5.03. The molecule has 0 unspecified atom stereocenters. The number of halogens is 3. The molecule has 2 heterocycles. The van der Waals surface area contributed by atoms with Gasteiger partial charge in [-0.15, -0.1) is 0 Å². The van der Waals surface area contributed by atoms with Crippen LogP contribution in [-0.2, 0) is 6.18 Å². The molecule has 0 amide bonds. The van der Waals surface area contributed by atoms with Crippen LogP contribution in [0.25, 0.3) is 5.95 Å². The second kappa shape index (κ2) is 3.97. The SMILES string of the molecule is Cc1cc(C(F)(F)F)nc(-n2nc(C)cc2N)n1. The third-order valence-corrected chi connectivity index (χ3v) is 2.18. The first-order valence-electron chi connectivity index (χ1n) is 5.03. The van der Waals surface area contributed by atoms with Crippen LogP contribution in [0.2, 0.25) is 0 Å². The van der Waals surface area contributed by atoms with Gasteiger partial charge in [0, 0.05) is 11.8 Å². The second-order valence-electron chi connectivity index (χ2n) is 3.81. The van der Waals surface area contributed by atoms with E-state index in [0.29, 0.717) is 5.69 Å². The highest BCUT2D eigenvalue weighted by molar-refractivity contribution is 5.37. The first kappa shape index (κ1) is 12.3. The molecular weight excluding hydrogens is 247 g/mol. The van der Waals surface area contributed by atoms with E-state index in [4.69, 9.17) is 5.73 Å². The molecule has 0 fully saturated rings. The van der Waals surface area contributed by atoms with Gasteiger partial charge in [-0.05, 0) is 19.9 Å². The van der Waals surface area contributed by atoms with Gasteiger partial charge < -0.3 is 5.73 Å². The average Bonchev–Trinajstić information content (AvgIpc) is 2.55. The van der Waals surface area contributed by atoms with Crippen molar-refractivity contribution >= 4 is 5.82 Å². The third-order valence-electron chi connectivity index (χ3n) is 2.18. The van der Waals surface area contributed by atoms with Gasteiger partial charge in [0.1, 0.15) is 11.5 Å². The zero-order valence-corrected chi connectivity index (χ0v) is 9.65. The fourth-order valence-corrected chi connectivity index (χ4v) is 1.47. The molecule has 0 radical (unpaired) electrons. The molecule has 2 N–H and O–H groups in total. The molecule has 0 aliphatic heterocycles. The Labute approximate surface area is 100 Å². The fraction of sp³-hybridized carbons (Fsp3) is 0.300. The summed E-state index contributed by atoms with van der Waals surface area (Å²) in [6.07, 6.45) is -4.53. The average molecular weight is 257 g/mol. The number of hydrogen-bond donors (Lipinski definition) is 1. The summed E-state index contributed by atoms with van der Waals surface area (Å²) in [6, 6.07) is 2.40. The van der Waals surface area contributed by atoms with Crippen molar-refractivity contribution in [3.05, 3.63) is 29.2 Å². The summed E-state index contributed by atoms with van der Waals surface area (Å²) in [6.45, 7) is 3.13. The standard InChI is InChI=1S/C10H10F3N5/c1-5-3-7(10(11,12)13)16-9(15-5)18-8(14)4-6(2)17-18/h3-4H,14H2,1-2H3. The Morgan fingerprint density at radius 3 is 2.28 bits per heavy atom. The maximum Gasteiger partial charge on any atom is 0.433 e. The van der Waals surface area contributed by atoms with E-state index < -0.39 is 11.9 Å². The van der Waals surface area contributed by atoms with Gasteiger partial charge in [0.15, 0.2) is 0 Å². The first-order chi connectivity index (χ1) is 8.27. The molecule has 2 rings (SSSR count). The summed E-state index contributed by atoms with van der Waals surface area (Å²) < 4.78 is 38.9. The van der Waals surface area contributed by atoms with Gasteiger partial charge >= 0.3 is 6.18 Å². The van der Waals surface area contributed by atoms with Crippen molar-refractivity contribution in [1.82, 2.24) is 19.7 Å². The number of nitrogens with zero attached hydrogens (tertiary/aromatic N) is 4. The van der Waals surface area contributed by atoms with Crippen LogP contribution in [0.5, 0.6) is 0 Å². The summed E-state index contributed by atoms with van der Waals surface area (Å²) in [5, 5.41) is 3.94. The van der Waals surface area contributed by atoms with Crippen LogP contribution in [0.15, 0.2) is 12.1 Å². The van der Waals surface area contributed by atoms with Crippen molar-refractivity contribution < 1.29 is 13.2 Å². The minimum atomic E-state index is -4.53. The monoisotopic (exact) mass is 257 g/mol. The van der Waals surface area contributed by atoms with Crippen LogP contribution < -0.4 is 5.73 Å². The molecule has 5 nitrogen and oxygen atoms in total. The molecule has 0 spiro atoms. The minimum absolute atomic E-state index is 0.186. The van der Waals surface area contributed by atoms with Crippen molar-refractivity contribution in [2.75, 3.05) is 5.73 Å². The number of rotatable bonds is 1. The molecule has 0 aromatic carbocycles. The number of nitrogens with two attached hydrogens (primary N) is 1. The third kappa shape index (κ3) is 2.27. The zero-order valence-electron chi connectivity index (χ0n) is 9.65. The van der Waals surface area contributed by atoms with Crippen molar-refractivity contribution in [1.29, 1.82) is 0 Å². The molecule has 96 valence electrons. The summed E-state index contributed by atoms with van der Waals surface area (Å²) >= 11 is 0. The Morgan fingerprint density at radius 2 is 1.78 bits per heavy atom. The van der Waals surface area contributed by atoms with E-state index >= 15 is 0 Å². The molecule has 8 heteroatoms. The summed E-state index contributed by atoms with van der Waals surface area (Å²) in [4.78, 5) is 7.33. The lowest BCUT2D eigenvalue weighted by Gasteiger charge is -2.09. The van der Waals surface area contributed by atoms with E-state index in [1.54, 1.807) is 6.92 Å². The quantitative estimate of drug-likeness (QED) is 0.846. The molecular formula is C10H10F3N5. The normalized spacial score (nSPS) is 11.8. The zero-order chi connectivity index (χ0) is 13.5. The number of nitrogen functional groups attached to an aromatic ring is 1. The molecule has 18 heavy (non-hydrogen) atoms. The van der Waals surface area contributed by atoms with E-state index in [0.717, 1.165) is 10.7 Å². The molecule has 0 saturated heterocycles. The fourth-order valence-electron chi connectivity index (χ4n) is 1.47. The van der Waals surface area contributed by atoms with Crippen LogP contribution >= 0.6 is 0 Å². The number of hydrogen-bond acceptors (Lipinski definition) is 4. The Bertz CT molecular complexity index is 588. The number of aromatic nitrogens is 4. The van der Waals surface area contributed by atoms with Gasteiger partial charge in [-0.1, -0.05) is 0 Å².